The number of rotatable bonds is 36. The molecule has 61 heavy (non-hydrogen) atoms. The molecule has 358 valence electrons. The molecule has 0 aromatic rings. The Morgan fingerprint density at radius 3 is 1.62 bits per heavy atom. The van der Waals surface area contributed by atoms with Gasteiger partial charge in [-0.25, -0.2) is 0 Å². The van der Waals surface area contributed by atoms with Crippen molar-refractivity contribution in [1.82, 2.24) is 5.32 Å². The van der Waals surface area contributed by atoms with Gasteiger partial charge in [0, 0.05) is 6.42 Å². The van der Waals surface area contributed by atoms with E-state index in [0.29, 0.717) is 6.42 Å². The fraction of sp³-hybridized carbons (Fsp3) is 0.894. The topological polar surface area (TPSA) is 228 Å². The standard InChI is InChI=1S/C47H87NO13/c1-3-5-7-9-11-13-15-16-17-18-19-20-21-22-24-26-28-30-36(51)35(48-39(52)31-29-27-25-23-14-12-10-8-6-4-2)34-58-46-44(57)42(55)45(38(33-50)60-46)61-47-43(56)41(54)40(53)37(32-49)59-47/h8,10,28,30,35-38,40-47,49-51,53-57H,3-7,9,11-27,29,31-34H2,1-2H3,(H,48,52)/b10-8-,30-28+. The lowest BCUT2D eigenvalue weighted by Gasteiger charge is -2.46. The summed E-state index contributed by atoms with van der Waals surface area (Å²) in [5, 5.41) is 86.5. The van der Waals surface area contributed by atoms with Crippen molar-refractivity contribution in [2.75, 3.05) is 19.8 Å². The molecule has 2 aliphatic rings. The Labute approximate surface area is 367 Å². The van der Waals surface area contributed by atoms with Gasteiger partial charge in [0.05, 0.1) is 32.0 Å². The lowest BCUT2D eigenvalue weighted by molar-refractivity contribution is -0.359. The number of unbranched alkanes of at least 4 members (excludes halogenated alkanes) is 21. The Morgan fingerprint density at radius 2 is 1.07 bits per heavy atom. The molecule has 0 spiro atoms. The monoisotopic (exact) mass is 874 g/mol. The first kappa shape index (κ1) is 55.6. The summed E-state index contributed by atoms with van der Waals surface area (Å²) in [6.07, 6.45) is 19.4. The number of hydrogen-bond donors (Lipinski definition) is 9. The van der Waals surface area contributed by atoms with Gasteiger partial charge in [0.2, 0.25) is 5.91 Å². The molecule has 0 saturated carbocycles. The van der Waals surface area contributed by atoms with Gasteiger partial charge in [-0.3, -0.25) is 4.79 Å². The summed E-state index contributed by atoms with van der Waals surface area (Å²) in [7, 11) is 0. The average molecular weight is 874 g/mol. The minimum atomic E-state index is -1.79. The van der Waals surface area contributed by atoms with E-state index in [9.17, 15) is 45.6 Å². The molecule has 14 heteroatoms. The Kier molecular flexibility index (Phi) is 31.7. The highest BCUT2D eigenvalue weighted by Crippen LogP contribution is 2.30. The van der Waals surface area contributed by atoms with Gasteiger partial charge in [0.25, 0.3) is 0 Å². The van der Waals surface area contributed by atoms with Crippen molar-refractivity contribution < 1.29 is 64.6 Å². The Bertz CT molecular complexity index is 1130. The zero-order valence-electron chi connectivity index (χ0n) is 37.7. The van der Waals surface area contributed by atoms with Crippen LogP contribution in [0.5, 0.6) is 0 Å². The Morgan fingerprint density at radius 1 is 0.574 bits per heavy atom. The predicted molar refractivity (Wildman–Crippen MR) is 235 cm³/mol. The van der Waals surface area contributed by atoms with E-state index in [1.54, 1.807) is 6.08 Å². The highest BCUT2D eigenvalue weighted by Gasteiger charge is 2.51. The first-order valence-corrected chi connectivity index (χ1v) is 24.1. The van der Waals surface area contributed by atoms with Crippen molar-refractivity contribution in [3.63, 3.8) is 0 Å². The maximum absolute atomic E-state index is 13.1. The third-order valence-electron chi connectivity index (χ3n) is 11.9. The molecule has 2 rings (SSSR count). The zero-order chi connectivity index (χ0) is 44.7. The maximum Gasteiger partial charge on any atom is 0.220 e. The number of aliphatic hydroxyl groups excluding tert-OH is 8. The van der Waals surface area contributed by atoms with Crippen molar-refractivity contribution in [3.05, 3.63) is 24.3 Å². The summed E-state index contributed by atoms with van der Waals surface area (Å²) < 4.78 is 22.6. The van der Waals surface area contributed by atoms with Crippen LogP contribution in [0.4, 0.5) is 0 Å². The van der Waals surface area contributed by atoms with E-state index in [1.807, 2.05) is 6.08 Å². The molecule has 2 saturated heterocycles. The number of amides is 1. The quantitative estimate of drug-likeness (QED) is 0.0285. The molecule has 9 N–H and O–H groups in total. The molecule has 2 heterocycles. The molecule has 0 aromatic heterocycles. The highest BCUT2D eigenvalue weighted by molar-refractivity contribution is 5.76. The third kappa shape index (κ3) is 22.8. The third-order valence-corrected chi connectivity index (χ3v) is 11.9. The summed E-state index contributed by atoms with van der Waals surface area (Å²) in [6.45, 7) is 2.70. The summed E-state index contributed by atoms with van der Waals surface area (Å²) in [5.74, 6) is -0.252. The first-order chi connectivity index (χ1) is 29.6. The Hall–Kier alpha value is -1.53. The van der Waals surface area contributed by atoms with Crippen molar-refractivity contribution >= 4 is 5.91 Å². The largest absolute Gasteiger partial charge is 0.394 e. The summed E-state index contributed by atoms with van der Waals surface area (Å²) in [4.78, 5) is 13.1. The van der Waals surface area contributed by atoms with Crippen LogP contribution in [0.15, 0.2) is 24.3 Å². The number of nitrogens with one attached hydrogen (secondary N) is 1. The summed E-state index contributed by atoms with van der Waals surface area (Å²) >= 11 is 0. The van der Waals surface area contributed by atoms with Crippen LogP contribution in [0.3, 0.4) is 0 Å². The molecule has 0 aromatic carbocycles. The fourth-order valence-electron chi connectivity index (χ4n) is 7.88. The van der Waals surface area contributed by atoms with Crippen LogP contribution in [0.25, 0.3) is 0 Å². The molecular formula is C47H87NO13. The molecule has 0 bridgehead atoms. The molecule has 14 nitrogen and oxygen atoms in total. The normalized spacial score (nSPS) is 28.2. The average Bonchev–Trinajstić information content (AvgIpc) is 3.26. The molecule has 12 unspecified atom stereocenters. The summed E-state index contributed by atoms with van der Waals surface area (Å²) in [6, 6.07) is -0.914. The van der Waals surface area contributed by atoms with Crippen LogP contribution in [0, 0.1) is 0 Å². The minimum absolute atomic E-state index is 0.252. The van der Waals surface area contributed by atoms with Crippen LogP contribution in [-0.2, 0) is 23.7 Å². The molecule has 2 aliphatic heterocycles. The molecule has 12 atom stereocenters. The molecular weight excluding hydrogens is 787 g/mol. The first-order valence-electron chi connectivity index (χ1n) is 24.1. The van der Waals surface area contributed by atoms with E-state index in [1.165, 1.54) is 83.5 Å². The molecule has 2 fully saturated rings. The van der Waals surface area contributed by atoms with Gasteiger partial charge in [-0.1, -0.05) is 154 Å². The van der Waals surface area contributed by atoms with E-state index >= 15 is 0 Å². The smallest absolute Gasteiger partial charge is 0.220 e. The second kappa shape index (κ2) is 34.8. The summed E-state index contributed by atoms with van der Waals surface area (Å²) in [5.41, 5.74) is 0. The van der Waals surface area contributed by atoms with Crippen LogP contribution >= 0.6 is 0 Å². The number of allylic oxidation sites excluding steroid dienone is 3. The maximum atomic E-state index is 13.1. The second-order valence-electron chi connectivity index (χ2n) is 17.2. The van der Waals surface area contributed by atoms with Gasteiger partial charge < -0.3 is 65.1 Å². The molecule has 0 aliphatic carbocycles. The van der Waals surface area contributed by atoms with E-state index in [4.69, 9.17) is 18.9 Å². The van der Waals surface area contributed by atoms with Gasteiger partial charge in [0.15, 0.2) is 12.6 Å². The van der Waals surface area contributed by atoms with Crippen molar-refractivity contribution in [2.45, 2.75) is 248 Å². The van der Waals surface area contributed by atoms with Crippen molar-refractivity contribution in [3.8, 4) is 0 Å². The predicted octanol–water partition coefficient (Wildman–Crippen LogP) is 5.38. The van der Waals surface area contributed by atoms with Crippen LogP contribution < -0.4 is 5.32 Å². The van der Waals surface area contributed by atoms with E-state index in [2.05, 4.69) is 31.3 Å². The number of hydrogen-bond acceptors (Lipinski definition) is 13. The number of carbonyl (C=O) groups excluding carboxylic acids is 1. The fourth-order valence-corrected chi connectivity index (χ4v) is 7.88. The van der Waals surface area contributed by atoms with E-state index < -0.39 is 86.8 Å². The van der Waals surface area contributed by atoms with Crippen LogP contribution in [-0.4, -0.2) is 140 Å². The highest BCUT2D eigenvalue weighted by atomic mass is 16.7. The van der Waals surface area contributed by atoms with Gasteiger partial charge in [-0.05, 0) is 38.5 Å². The molecule has 0 radical (unpaired) electrons. The van der Waals surface area contributed by atoms with Crippen LogP contribution in [0.2, 0.25) is 0 Å². The van der Waals surface area contributed by atoms with Crippen molar-refractivity contribution in [1.29, 1.82) is 0 Å². The zero-order valence-corrected chi connectivity index (χ0v) is 37.7. The lowest BCUT2D eigenvalue weighted by Crippen LogP contribution is -2.65. The number of aliphatic hydroxyl groups is 8. The second-order valence-corrected chi connectivity index (χ2v) is 17.2. The molecule has 1 amide bonds. The van der Waals surface area contributed by atoms with Crippen molar-refractivity contribution in [2.24, 2.45) is 0 Å². The van der Waals surface area contributed by atoms with Gasteiger partial charge >= 0.3 is 0 Å². The van der Waals surface area contributed by atoms with Gasteiger partial charge in [-0.15, -0.1) is 0 Å². The number of carbonyl (C=O) groups is 1. The lowest BCUT2D eigenvalue weighted by atomic mass is 9.97. The van der Waals surface area contributed by atoms with Crippen LogP contribution in [0.1, 0.15) is 174 Å². The number of ether oxygens (including phenoxy) is 4. The SMILES string of the molecule is CCC/C=C\CCCCCCCC(=O)NC(COC1OC(CO)C(OC2OC(CO)C(O)C(O)C2O)C(O)C1O)C(O)/C=C/CCCCCCCCCCCCCCCCC. The van der Waals surface area contributed by atoms with Gasteiger partial charge in [0.1, 0.15) is 48.8 Å². The van der Waals surface area contributed by atoms with E-state index in [0.717, 1.165) is 64.2 Å². The minimum Gasteiger partial charge on any atom is -0.394 e. The van der Waals surface area contributed by atoms with Gasteiger partial charge in [-0.2, -0.15) is 0 Å². The van der Waals surface area contributed by atoms with E-state index in [-0.39, 0.29) is 18.9 Å². The Balaban J connectivity index is 1.87.